The molecule has 0 spiro atoms. The van der Waals surface area contributed by atoms with Crippen molar-refractivity contribution in [3.8, 4) is 11.6 Å². The highest BCUT2D eigenvalue weighted by molar-refractivity contribution is 7.20. The van der Waals surface area contributed by atoms with Gasteiger partial charge in [0.15, 0.2) is 11.5 Å². The van der Waals surface area contributed by atoms with Gasteiger partial charge in [0.25, 0.3) is 5.88 Å². The van der Waals surface area contributed by atoms with E-state index in [1.807, 2.05) is 6.92 Å². The molecular formula is C16H19NO5S. The van der Waals surface area contributed by atoms with Crippen molar-refractivity contribution in [2.45, 2.75) is 19.8 Å². The Morgan fingerprint density at radius 1 is 1.22 bits per heavy atom. The third kappa shape index (κ3) is 3.61. The number of esters is 1. The predicted molar refractivity (Wildman–Crippen MR) is 87.5 cm³/mol. The van der Waals surface area contributed by atoms with Gasteiger partial charge in [-0.25, -0.2) is 4.98 Å². The summed E-state index contributed by atoms with van der Waals surface area (Å²) in [6, 6.07) is 3.51. The molecule has 2 heterocycles. The minimum atomic E-state index is -0.422. The number of rotatable bonds is 7. The molecule has 2 rings (SSSR count). The third-order valence-corrected chi connectivity index (χ3v) is 4.69. The summed E-state index contributed by atoms with van der Waals surface area (Å²) in [4.78, 5) is 29.0. The first-order chi connectivity index (χ1) is 11.0. The van der Waals surface area contributed by atoms with Crippen LogP contribution in [0.25, 0.3) is 10.2 Å². The Labute approximate surface area is 138 Å². The summed E-state index contributed by atoms with van der Waals surface area (Å²) >= 11 is 1.33. The summed E-state index contributed by atoms with van der Waals surface area (Å²) in [5, 5.41) is 0. The van der Waals surface area contributed by atoms with E-state index >= 15 is 0 Å². The van der Waals surface area contributed by atoms with Crippen LogP contribution in [0.15, 0.2) is 12.1 Å². The highest BCUT2D eigenvalue weighted by Gasteiger charge is 2.23. The minimum Gasteiger partial charge on any atom is -0.491 e. The predicted octanol–water partition coefficient (Wildman–Crippen LogP) is 3.09. The lowest BCUT2D eigenvalue weighted by Crippen LogP contribution is -2.18. The molecule has 0 amide bonds. The van der Waals surface area contributed by atoms with Gasteiger partial charge in [0, 0.05) is 12.5 Å². The smallest absolute Gasteiger partial charge is 0.309 e. The van der Waals surface area contributed by atoms with Crippen LogP contribution in [-0.2, 0) is 9.53 Å². The zero-order valence-corrected chi connectivity index (χ0v) is 14.4. The number of Topliss-reactive ketones (excluding diaryl/α,β-unsaturated/α-hetero) is 1. The Kier molecular flexibility index (Phi) is 5.54. The fraction of sp³-hybridized carbons (Fsp3) is 0.438. The van der Waals surface area contributed by atoms with E-state index in [2.05, 4.69) is 4.98 Å². The first-order valence-corrected chi connectivity index (χ1v) is 7.99. The van der Waals surface area contributed by atoms with Crippen LogP contribution in [0.3, 0.4) is 0 Å². The van der Waals surface area contributed by atoms with Gasteiger partial charge in [-0.2, -0.15) is 0 Å². The number of hydrogen-bond acceptors (Lipinski definition) is 7. The molecule has 0 aromatic carbocycles. The molecule has 0 radical (unpaired) electrons. The highest BCUT2D eigenvalue weighted by atomic mass is 32.1. The fourth-order valence-corrected chi connectivity index (χ4v) is 3.23. The fourth-order valence-electron chi connectivity index (χ4n) is 2.25. The number of carbonyl (C=O) groups excluding carboxylic acids is 2. The van der Waals surface area contributed by atoms with Crippen molar-refractivity contribution in [3.05, 3.63) is 17.0 Å². The molecule has 6 nitrogen and oxygen atoms in total. The van der Waals surface area contributed by atoms with Crippen LogP contribution in [0.2, 0.25) is 0 Å². The van der Waals surface area contributed by atoms with Gasteiger partial charge in [0.1, 0.15) is 0 Å². The minimum absolute atomic E-state index is 0.0943. The average molecular weight is 337 g/mol. The van der Waals surface area contributed by atoms with Crippen LogP contribution in [0.5, 0.6) is 11.6 Å². The molecule has 2 aromatic rings. The maximum absolute atomic E-state index is 12.4. The number of hydrogen-bond donors (Lipinski definition) is 0. The second kappa shape index (κ2) is 7.41. The summed E-state index contributed by atoms with van der Waals surface area (Å²) < 4.78 is 15.9. The van der Waals surface area contributed by atoms with Gasteiger partial charge in [-0.05, 0) is 12.5 Å². The molecule has 23 heavy (non-hydrogen) atoms. The van der Waals surface area contributed by atoms with Crippen LogP contribution >= 0.6 is 11.3 Å². The second-order valence-corrected chi connectivity index (χ2v) is 6.03. The summed E-state index contributed by atoms with van der Waals surface area (Å²) in [7, 11) is 4.38. The lowest BCUT2D eigenvalue weighted by molar-refractivity contribution is -0.145. The van der Waals surface area contributed by atoms with Crippen molar-refractivity contribution in [3.63, 3.8) is 0 Å². The molecule has 124 valence electrons. The van der Waals surface area contributed by atoms with Crippen molar-refractivity contribution < 1.29 is 23.8 Å². The van der Waals surface area contributed by atoms with Crippen molar-refractivity contribution in [1.29, 1.82) is 0 Å². The normalized spacial score (nSPS) is 12.0. The highest BCUT2D eigenvalue weighted by Crippen LogP contribution is 2.34. The van der Waals surface area contributed by atoms with Crippen LogP contribution in [-0.4, -0.2) is 38.1 Å². The number of pyridine rings is 1. The Morgan fingerprint density at radius 2 is 1.96 bits per heavy atom. The molecule has 1 unspecified atom stereocenters. The zero-order chi connectivity index (χ0) is 17.0. The molecule has 0 bridgehead atoms. The largest absolute Gasteiger partial charge is 0.491 e. The van der Waals surface area contributed by atoms with E-state index in [1.54, 1.807) is 12.1 Å². The quantitative estimate of drug-likeness (QED) is 0.571. The van der Waals surface area contributed by atoms with E-state index in [4.69, 9.17) is 14.2 Å². The molecule has 7 heteroatoms. The van der Waals surface area contributed by atoms with E-state index in [1.165, 1.54) is 32.7 Å². The van der Waals surface area contributed by atoms with E-state index in [-0.39, 0.29) is 18.2 Å². The van der Waals surface area contributed by atoms with Gasteiger partial charge in [0.2, 0.25) is 0 Å². The Balaban J connectivity index is 2.29. The monoisotopic (exact) mass is 337 g/mol. The van der Waals surface area contributed by atoms with Gasteiger partial charge < -0.3 is 14.2 Å². The summed E-state index contributed by atoms with van der Waals surface area (Å²) in [6.45, 7) is 1.86. The number of ketones is 1. The van der Waals surface area contributed by atoms with Crippen LogP contribution in [0.4, 0.5) is 0 Å². The van der Waals surface area contributed by atoms with E-state index < -0.39 is 5.92 Å². The number of aromatic nitrogens is 1. The molecule has 0 saturated carbocycles. The molecule has 0 fully saturated rings. The molecule has 0 aliphatic rings. The van der Waals surface area contributed by atoms with Gasteiger partial charge in [-0.15, -0.1) is 11.3 Å². The van der Waals surface area contributed by atoms with Crippen LogP contribution in [0.1, 0.15) is 29.4 Å². The first kappa shape index (κ1) is 17.2. The molecule has 1 atom stereocenters. The molecule has 0 N–H and O–H groups in total. The standard InChI is InChI=1S/C16H19NO5S/c1-5-9(16(19)22-4)6-11(18)14-7-10-13(23-14)8-12(20-2)15(17-10)21-3/h7-9H,5-6H2,1-4H3. The van der Waals surface area contributed by atoms with Crippen LogP contribution in [0, 0.1) is 5.92 Å². The van der Waals surface area contributed by atoms with Gasteiger partial charge in [-0.1, -0.05) is 6.92 Å². The molecule has 0 saturated heterocycles. The number of thiophene rings is 1. The first-order valence-electron chi connectivity index (χ1n) is 7.17. The zero-order valence-electron chi connectivity index (χ0n) is 13.5. The van der Waals surface area contributed by atoms with Crippen LogP contribution < -0.4 is 9.47 Å². The molecule has 0 aliphatic carbocycles. The number of ether oxygens (including phenoxy) is 3. The van der Waals surface area contributed by atoms with Gasteiger partial charge in [0.05, 0.1) is 42.3 Å². The number of methoxy groups -OCH3 is 3. The van der Waals surface area contributed by atoms with Crippen molar-refractivity contribution >= 4 is 33.3 Å². The Hall–Kier alpha value is -2.15. The maximum atomic E-state index is 12.4. The number of fused-ring (bicyclic) bond motifs is 1. The molecule has 2 aromatic heterocycles. The topological polar surface area (TPSA) is 74.7 Å². The SMILES string of the molecule is CCC(CC(=O)c1cc2nc(OC)c(OC)cc2s1)C(=O)OC. The van der Waals surface area contributed by atoms with Crippen molar-refractivity contribution in [2.24, 2.45) is 5.92 Å². The summed E-state index contributed by atoms with van der Waals surface area (Å²) in [6.07, 6.45) is 0.688. The average Bonchev–Trinajstić information content (AvgIpc) is 3.00. The molecular weight excluding hydrogens is 318 g/mol. The second-order valence-electron chi connectivity index (χ2n) is 4.95. The van der Waals surface area contributed by atoms with E-state index in [0.29, 0.717) is 28.4 Å². The lowest BCUT2D eigenvalue weighted by atomic mass is 9.99. The van der Waals surface area contributed by atoms with Gasteiger partial charge >= 0.3 is 5.97 Å². The number of nitrogens with zero attached hydrogens (tertiary/aromatic N) is 1. The molecule has 0 aliphatic heterocycles. The maximum Gasteiger partial charge on any atom is 0.309 e. The Bertz CT molecular complexity index is 684. The number of carbonyl (C=O) groups is 2. The van der Waals surface area contributed by atoms with E-state index in [9.17, 15) is 9.59 Å². The van der Waals surface area contributed by atoms with E-state index in [0.717, 1.165) is 4.70 Å². The lowest BCUT2D eigenvalue weighted by Gasteiger charge is -2.10. The summed E-state index contributed by atoms with van der Waals surface area (Å²) in [5.41, 5.74) is 0.669. The third-order valence-electron chi connectivity index (χ3n) is 3.58. The van der Waals surface area contributed by atoms with Crippen molar-refractivity contribution in [1.82, 2.24) is 4.98 Å². The van der Waals surface area contributed by atoms with Crippen molar-refractivity contribution in [2.75, 3.05) is 21.3 Å². The van der Waals surface area contributed by atoms with Gasteiger partial charge in [-0.3, -0.25) is 9.59 Å². The summed E-state index contributed by atoms with van der Waals surface area (Å²) in [5.74, 6) is 0.0148. The Morgan fingerprint density at radius 3 is 2.52 bits per heavy atom.